The highest BCUT2D eigenvalue weighted by atomic mass is 16.1. The monoisotopic (exact) mass is 324 g/mol. The summed E-state index contributed by atoms with van der Waals surface area (Å²) < 4.78 is 0. The maximum Gasteiger partial charge on any atom is 0.269 e. The molecule has 2 heterocycles. The number of likely N-dealkylation sites (tertiary alicyclic amines) is 1. The molecule has 0 radical (unpaired) electrons. The van der Waals surface area contributed by atoms with E-state index in [4.69, 9.17) is 0 Å². The molecule has 2 aromatic rings. The fourth-order valence-corrected chi connectivity index (χ4v) is 4.09. The van der Waals surface area contributed by atoms with Gasteiger partial charge in [0.25, 0.3) is 5.91 Å². The van der Waals surface area contributed by atoms with Crippen molar-refractivity contribution in [3.05, 3.63) is 41.1 Å². The third-order valence-corrected chi connectivity index (χ3v) is 5.41. The van der Waals surface area contributed by atoms with Gasteiger partial charge in [0.2, 0.25) is 0 Å². The van der Waals surface area contributed by atoms with Crippen molar-refractivity contribution in [2.24, 2.45) is 0 Å². The number of aromatic nitrogens is 2. The quantitative estimate of drug-likeness (QED) is 0.908. The van der Waals surface area contributed by atoms with E-state index in [0.717, 1.165) is 49.3 Å². The number of carbonyl (C=O) groups excluding carboxylic acids is 1. The summed E-state index contributed by atoms with van der Waals surface area (Å²) in [6, 6.07) is 8.80. The summed E-state index contributed by atoms with van der Waals surface area (Å²) in [4.78, 5) is 15.1. The Morgan fingerprint density at radius 3 is 3.12 bits per heavy atom. The molecule has 126 valence electrons. The third-order valence-electron chi connectivity index (χ3n) is 5.41. The number of nitrogens with one attached hydrogen (secondary N) is 2. The number of amides is 1. The van der Waals surface area contributed by atoms with Crippen LogP contribution in [-0.4, -0.2) is 46.7 Å². The molecule has 1 amide bonds. The third kappa shape index (κ3) is 2.63. The summed E-state index contributed by atoms with van der Waals surface area (Å²) >= 11 is 0. The molecular weight excluding hydrogens is 300 g/mol. The van der Waals surface area contributed by atoms with Crippen LogP contribution in [0.3, 0.4) is 0 Å². The molecule has 1 aliphatic carbocycles. The molecule has 1 atom stereocenters. The molecule has 1 fully saturated rings. The van der Waals surface area contributed by atoms with Crippen LogP contribution < -0.4 is 5.32 Å². The van der Waals surface area contributed by atoms with Gasteiger partial charge in [-0.25, -0.2) is 0 Å². The summed E-state index contributed by atoms with van der Waals surface area (Å²) in [5.74, 6) is -0.0221. The van der Waals surface area contributed by atoms with Crippen LogP contribution in [0, 0.1) is 0 Å². The van der Waals surface area contributed by atoms with E-state index in [9.17, 15) is 4.79 Å². The molecular formula is C19H24N4O. The van der Waals surface area contributed by atoms with E-state index in [1.54, 1.807) is 0 Å². The number of H-pyrrole nitrogens is 1. The minimum absolute atomic E-state index is 0.0221. The van der Waals surface area contributed by atoms with Crippen LogP contribution in [0.4, 0.5) is 0 Å². The normalized spacial score (nSPS) is 19.8. The Morgan fingerprint density at radius 2 is 2.25 bits per heavy atom. The van der Waals surface area contributed by atoms with Gasteiger partial charge in [-0.2, -0.15) is 5.10 Å². The Bertz CT molecular complexity index is 752. The van der Waals surface area contributed by atoms with Crippen molar-refractivity contribution in [2.45, 2.75) is 38.6 Å². The zero-order valence-electron chi connectivity index (χ0n) is 14.1. The molecule has 2 N–H and O–H groups in total. The molecule has 0 bridgehead atoms. The zero-order chi connectivity index (χ0) is 16.5. The minimum Gasteiger partial charge on any atom is -0.349 e. The van der Waals surface area contributed by atoms with Crippen LogP contribution in [0.5, 0.6) is 0 Å². The number of likely N-dealkylation sites (N-methyl/N-ethyl adjacent to an activating group) is 1. The van der Waals surface area contributed by atoms with Crippen LogP contribution >= 0.6 is 0 Å². The Labute approximate surface area is 142 Å². The molecule has 24 heavy (non-hydrogen) atoms. The van der Waals surface area contributed by atoms with Crippen molar-refractivity contribution in [1.82, 2.24) is 20.4 Å². The lowest BCUT2D eigenvalue weighted by molar-refractivity contribution is 0.0935. The molecule has 1 aromatic heterocycles. The van der Waals surface area contributed by atoms with Crippen molar-refractivity contribution in [3.8, 4) is 11.3 Å². The lowest BCUT2D eigenvalue weighted by Gasteiger charge is -2.23. The first-order valence-electron chi connectivity index (χ1n) is 8.95. The van der Waals surface area contributed by atoms with Crippen LogP contribution in [0.15, 0.2) is 24.3 Å². The predicted molar refractivity (Wildman–Crippen MR) is 94.0 cm³/mol. The van der Waals surface area contributed by atoms with E-state index < -0.39 is 0 Å². The molecule has 4 rings (SSSR count). The van der Waals surface area contributed by atoms with Gasteiger partial charge < -0.3 is 5.32 Å². The van der Waals surface area contributed by atoms with Gasteiger partial charge in [0.1, 0.15) is 5.69 Å². The summed E-state index contributed by atoms with van der Waals surface area (Å²) in [5, 5.41) is 10.5. The first kappa shape index (κ1) is 15.4. The van der Waals surface area contributed by atoms with Crippen LogP contribution in [0.2, 0.25) is 0 Å². The number of aryl methyl sites for hydroxylation is 1. The van der Waals surface area contributed by atoms with Gasteiger partial charge in [0.05, 0.1) is 5.69 Å². The summed E-state index contributed by atoms with van der Waals surface area (Å²) in [6.07, 6.45) is 4.23. The number of benzene rings is 1. The van der Waals surface area contributed by atoms with Gasteiger partial charge in [-0.1, -0.05) is 31.2 Å². The van der Waals surface area contributed by atoms with E-state index in [1.807, 2.05) is 6.07 Å². The molecule has 2 aliphatic rings. The van der Waals surface area contributed by atoms with Crippen molar-refractivity contribution in [1.29, 1.82) is 0 Å². The SMILES string of the molecule is CCN1CCCC1CNC(=O)c1[nH]nc2c1CCc1ccccc1-2. The van der Waals surface area contributed by atoms with E-state index in [1.165, 1.54) is 18.4 Å². The largest absolute Gasteiger partial charge is 0.349 e. The van der Waals surface area contributed by atoms with Gasteiger partial charge in [0, 0.05) is 23.7 Å². The molecule has 0 saturated carbocycles. The lowest BCUT2D eigenvalue weighted by atomic mass is 9.89. The first-order chi connectivity index (χ1) is 11.8. The Hall–Kier alpha value is -2.14. The first-order valence-corrected chi connectivity index (χ1v) is 8.95. The maximum absolute atomic E-state index is 12.6. The fraction of sp³-hybridized carbons (Fsp3) is 0.474. The van der Waals surface area contributed by atoms with Crippen molar-refractivity contribution >= 4 is 5.91 Å². The fourth-order valence-electron chi connectivity index (χ4n) is 4.09. The number of carbonyl (C=O) groups is 1. The molecule has 1 aromatic carbocycles. The highest BCUT2D eigenvalue weighted by Gasteiger charge is 2.27. The van der Waals surface area contributed by atoms with Crippen LogP contribution in [0.1, 0.15) is 41.4 Å². The highest BCUT2D eigenvalue weighted by Crippen LogP contribution is 2.33. The number of hydrogen-bond donors (Lipinski definition) is 2. The topological polar surface area (TPSA) is 61.0 Å². The smallest absolute Gasteiger partial charge is 0.269 e. The van der Waals surface area contributed by atoms with Crippen molar-refractivity contribution in [2.75, 3.05) is 19.6 Å². The molecule has 1 aliphatic heterocycles. The standard InChI is InChI=1S/C19H24N4O/c1-2-23-11-5-7-14(23)12-20-19(24)18-16-10-9-13-6-3-4-8-15(13)17(16)21-22-18/h3-4,6,8,14H,2,5,7,9-12H2,1H3,(H,20,24)(H,21,22). The van der Waals surface area contributed by atoms with Crippen LogP contribution in [-0.2, 0) is 12.8 Å². The van der Waals surface area contributed by atoms with E-state index in [2.05, 4.69) is 45.5 Å². The van der Waals surface area contributed by atoms with Crippen LogP contribution in [0.25, 0.3) is 11.3 Å². The Balaban J connectivity index is 1.50. The van der Waals surface area contributed by atoms with Crippen molar-refractivity contribution < 1.29 is 4.79 Å². The van der Waals surface area contributed by atoms with Gasteiger partial charge in [0.15, 0.2) is 0 Å². The predicted octanol–water partition coefficient (Wildman–Crippen LogP) is 2.39. The number of fused-ring (bicyclic) bond motifs is 3. The molecule has 1 unspecified atom stereocenters. The second kappa shape index (κ2) is 6.40. The lowest BCUT2D eigenvalue weighted by Crippen LogP contribution is -2.40. The Morgan fingerprint density at radius 1 is 1.38 bits per heavy atom. The highest BCUT2D eigenvalue weighted by molar-refractivity contribution is 5.96. The number of aromatic amines is 1. The maximum atomic E-state index is 12.6. The second-order valence-corrected chi connectivity index (χ2v) is 6.72. The van der Waals surface area contributed by atoms with Gasteiger partial charge >= 0.3 is 0 Å². The second-order valence-electron chi connectivity index (χ2n) is 6.72. The summed E-state index contributed by atoms with van der Waals surface area (Å²) in [5.41, 5.74) is 5.11. The average Bonchev–Trinajstić information content (AvgIpc) is 3.26. The summed E-state index contributed by atoms with van der Waals surface area (Å²) in [6.45, 7) is 5.10. The number of nitrogens with zero attached hydrogens (tertiary/aromatic N) is 2. The zero-order valence-corrected chi connectivity index (χ0v) is 14.1. The van der Waals surface area contributed by atoms with Gasteiger partial charge in [-0.15, -0.1) is 0 Å². The number of rotatable bonds is 4. The molecule has 0 spiro atoms. The number of hydrogen-bond acceptors (Lipinski definition) is 3. The molecule has 5 nitrogen and oxygen atoms in total. The Kier molecular flexibility index (Phi) is 4.10. The van der Waals surface area contributed by atoms with E-state index >= 15 is 0 Å². The minimum atomic E-state index is -0.0221. The van der Waals surface area contributed by atoms with E-state index in [-0.39, 0.29) is 5.91 Å². The average molecular weight is 324 g/mol. The van der Waals surface area contributed by atoms with E-state index in [0.29, 0.717) is 11.7 Å². The summed E-state index contributed by atoms with van der Waals surface area (Å²) in [7, 11) is 0. The molecule has 5 heteroatoms. The molecule has 1 saturated heterocycles. The van der Waals surface area contributed by atoms with Gasteiger partial charge in [-0.05, 0) is 44.3 Å². The van der Waals surface area contributed by atoms with Gasteiger partial charge in [-0.3, -0.25) is 14.8 Å². The van der Waals surface area contributed by atoms with Crippen molar-refractivity contribution in [3.63, 3.8) is 0 Å².